The minimum absolute atomic E-state index is 0.166. The van der Waals surface area contributed by atoms with Crippen LogP contribution in [0.3, 0.4) is 0 Å². The largest absolute Gasteiger partial charge is 0.495 e. The zero-order valence-corrected chi connectivity index (χ0v) is 18.6. The molecule has 0 aromatic heterocycles. The molecule has 0 aliphatic carbocycles. The quantitative estimate of drug-likeness (QED) is 0.347. The Bertz CT molecular complexity index is 1080. The Morgan fingerprint density at radius 3 is 2.39 bits per heavy atom. The average Bonchev–Trinajstić information content (AvgIpc) is 2.79. The van der Waals surface area contributed by atoms with Crippen LogP contribution in [0.4, 0.5) is 16.2 Å². The highest BCUT2D eigenvalue weighted by Gasteiger charge is 2.35. The first-order valence-electron chi connectivity index (χ1n) is 9.77. The molecule has 11 nitrogen and oxygen atoms in total. The number of ether oxygens (including phenoxy) is 1. The zero-order chi connectivity index (χ0) is 24.5. The predicted molar refractivity (Wildman–Crippen MR) is 122 cm³/mol. The van der Waals surface area contributed by atoms with Gasteiger partial charge in [-0.1, -0.05) is 24.3 Å². The van der Waals surface area contributed by atoms with E-state index in [4.69, 9.17) is 4.74 Å². The maximum atomic E-state index is 13.0. The van der Waals surface area contributed by atoms with E-state index in [2.05, 4.69) is 16.0 Å². The van der Waals surface area contributed by atoms with Crippen LogP contribution in [-0.2, 0) is 9.59 Å². The Kier molecular flexibility index (Phi) is 8.49. The van der Waals surface area contributed by atoms with Gasteiger partial charge in [0.15, 0.2) is 0 Å². The van der Waals surface area contributed by atoms with Crippen LogP contribution in [-0.4, -0.2) is 49.4 Å². The third-order valence-corrected chi connectivity index (χ3v) is 4.52. The summed E-state index contributed by atoms with van der Waals surface area (Å²) >= 11 is 0. The Balaban J connectivity index is 0.000000696. The van der Waals surface area contributed by atoms with Crippen LogP contribution in [0.2, 0.25) is 0 Å². The number of hydrogen-bond donors (Lipinski definition) is 3. The lowest BCUT2D eigenvalue weighted by Crippen LogP contribution is -2.46. The predicted octanol–water partition coefficient (Wildman–Crippen LogP) is 2.57. The smallest absolute Gasteiger partial charge is 0.319 e. The summed E-state index contributed by atoms with van der Waals surface area (Å²) in [6.07, 6.45) is 0.750. The van der Waals surface area contributed by atoms with Crippen LogP contribution >= 0.6 is 0 Å². The lowest BCUT2D eigenvalue weighted by atomic mass is 9.93. The number of allylic oxidation sites excluding steroid dienone is 1. The normalized spacial score (nSPS) is 14.7. The first-order valence-corrected chi connectivity index (χ1v) is 9.77. The molecule has 33 heavy (non-hydrogen) atoms. The van der Waals surface area contributed by atoms with E-state index in [1.807, 2.05) is 0 Å². The van der Waals surface area contributed by atoms with Gasteiger partial charge in [-0.3, -0.25) is 19.7 Å². The molecule has 2 aromatic carbocycles. The van der Waals surface area contributed by atoms with Gasteiger partial charge < -0.3 is 25.6 Å². The van der Waals surface area contributed by atoms with Gasteiger partial charge >= 0.3 is 6.03 Å². The number of nitro groups is 1. The number of methoxy groups -OCH3 is 1. The maximum Gasteiger partial charge on any atom is 0.319 e. The third-order valence-electron chi connectivity index (χ3n) is 4.52. The van der Waals surface area contributed by atoms with Gasteiger partial charge in [0.2, 0.25) is 6.41 Å². The van der Waals surface area contributed by atoms with Crippen LogP contribution in [0.25, 0.3) is 0 Å². The summed E-state index contributed by atoms with van der Waals surface area (Å²) in [6, 6.07) is 11.3. The molecule has 3 N–H and O–H groups in total. The van der Waals surface area contributed by atoms with Crippen molar-refractivity contribution in [3.05, 3.63) is 75.5 Å². The van der Waals surface area contributed by atoms with E-state index in [-0.39, 0.29) is 16.8 Å². The van der Waals surface area contributed by atoms with Crippen molar-refractivity contribution in [3.63, 3.8) is 0 Å². The minimum Gasteiger partial charge on any atom is -0.495 e. The van der Waals surface area contributed by atoms with Crippen molar-refractivity contribution in [2.45, 2.75) is 13.0 Å². The number of urea groups is 1. The summed E-state index contributed by atoms with van der Waals surface area (Å²) in [7, 11) is 4.86. The van der Waals surface area contributed by atoms with Crippen molar-refractivity contribution in [2.75, 3.05) is 26.5 Å². The molecule has 1 unspecified atom stereocenters. The second-order valence-corrected chi connectivity index (χ2v) is 7.11. The Morgan fingerprint density at radius 1 is 1.18 bits per heavy atom. The number of nitrogens with one attached hydrogen (secondary N) is 3. The SMILES string of the molecule is CN(C)C=O.COc1ccccc1NC(=O)C1=C(C)NC(=O)NC1c1ccccc1[N+](=O)[O-]. The van der Waals surface area contributed by atoms with Crippen LogP contribution in [0.5, 0.6) is 5.75 Å². The van der Waals surface area contributed by atoms with Gasteiger partial charge in [-0.2, -0.15) is 0 Å². The van der Waals surface area contributed by atoms with Crippen LogP contribution in [0.1, 0.15) is 18.5 Å². The topological polar surface area (TPSA) is 143 Å². The number of hydrogen-bond acceptors (Lipinski definition) is 6. The van der Waals surface area contributed by atoms with E-state index in [0.717, 1.165) is 6.41 Å². The van der Waals surface area contributed by atoms with E-state index < -0.39 is 22.9 Å². The molecule has 4 amide bonds. The maximum absolute atomic E-state index is 13.0. The van der Waals surface area contributed by atoms with E-state index in [0.29, 0.717) is 17.1 Å². The summed E-state index contributed by atoms with van der Waals surface area (Å²) in [6.45, 7) is 1.57. The molecule has 0 radical (unpaired) electrons. The molecule has 1 heterocycles. The van der Waals surface area contributed by atoms with Crippen LogP contribution in [0, 0.1) is 10.1 Å². The van der Waals surface area contributed by atoms with E-state index in [1.165, 1.54) is 30.2 Å². The van der Waals surface area contributed by atoms with Crippen molar-refractivity contribution in [3.8, 4) is 5.75 Å². The first kappa shape index (κ1) is 24.9. The fourth-order valence-corrected chi connectivity index (χ4v) is 3.06. The number of rotatable bonds is 6. The molecule has 11 heteroatoms. The molecule has 0 fully saturated rings. The lowest BCUT2D eigenvalue weighted by Gasteiger charge is -2.28. The molecular formula is C22H25N5O6. The zero-order valence-electron chi connectivity index (χ0n) is 18.6. The van der Waals surface area contributed by atoms with Crippen molar-refractivity contribution in [1.82, 2.24) is 15.5 Å². The Labute approximate surface area is 190 Å². The fourth-order valence-electron chi connectivity index (χ4n) is 3.06. The molecule has 3 rings (SSSR count). The monoisotopic (exact) mass is 455 g/mol. The number of carbonyl (C=O) groups excluding carboxylic acids is 3. The van der Waals surface area contributed by atoms with Gasteiger partial charge in [0.05, 0.1) is 34.9 Å². The van der Waals surface area contributed by atoms with Crippen LogP contribution < -0.4 is 20.7 Å². The number of nitrogens with zero attached hydrogens (tertiary/aromatic N) is 2. The number of amides is 4. The summed E-state index contributed by atoms with van der Waals surface area (Å²) < 4.78 is 5.23. The molecule has 0 bridgehead atoms. The number of nitro benzene ring substituents is 1. The molecule has 0 saturated heterocycles. The highest BCUT2D eigenvalue weighted by Crippen LogP contribution is 2.34. The van der Waals surface area contributed by atoms with E-state index in [9.17, 15) is 24.5 Å². The van der Waals surface area contributed by atoms with Gasteiger partial charge in [-0.25, -0.2) is 4.79 Å². The van der Waals surface area contributed by atoms with Crippen LogP contribution in [0.15, 0.2) is 59.8 Å². The van der Waals surface area contributed by atoms with Gasteiger partial charge in [0.25, 0.3) is 11.6 Å². The standard InChI is InChI=1S/C19H18N4O5.C3H7NO/c1-11-16(18(24)21-13-8-4-6-10-15(13)28-2)17(22-19(25)20-11)12-7-3-5-9-14(12)23(26)27;1-4(2)3-5/h3-10,17H,1-2H3,(H,21,24)(H2,20,22,25);3H,1-2H3. The highest BCUT2D eigenvalue weighted by atomic mass is 16.6. The third kappa shape index (κ3) is 6.29. The van der Waals surface area contributed by atoms with Crippen molar-refractivity contribution in [1.29, 1.82) is 0 Å². The first-order chi connectivity index (χ1) is 15.7. The number of benzene rings is 2. The number of para-hydroxylation sites is 3. The number of anilines is 1. The summed E-state index contributed by atoms with van der Waals surface area (Å²) in [4.78, 5) is 46.8. The second kappa shape index (κ2) is 11.3. The average molecular weight is 455 g/mol. The second-order valence-electron chi connectivity index (χ2n) is 7.11. The Hall–Kier alpha value is -4.41. The molecule has 174 valence electrons. The van der Waals surface area contributed by atoms with Gasteiger partial charge in [0.1, 0.15) is 5.75 Å². The van der Waals surface area contributed by atoms with Crippen molar-refractivity contribution >= 4 is 29.7 Å². The minimum atomic E-state index is -0.981. The molecule has 2 aromatic rings. The summed E-state index contributed by atoms with van der Waals surface area (Å²) in [5.41, 5.74) is 0.935. The molecular weight excluding hydrogens is 430 g/mol. The van der Waals surface area contributed by atoms with Gasteiger partial charge in [0, 0.05) is 25.9 Å². The number of carbonyl (C=O) groups is 3. The fraction of sp³-hybridized carbons (Fsp3) is 0.227. The summed E-state index contributed by atoms with van der Waals surface area (Å²) in [5, 5.41) is 19.3. The summed E-state index contributed by atoms with van der Waals surface area (Å²) in [5.74, 6) is -0.0539. The lowest BCUT2D eigenvalue weighted by molar-refractivity contribution is -0.385. The molecule has 0 spiro atoms. The highest BCUT2D eigenvalue weighted by molar-refractivity contribution is 6.07. The van der Waals surface area contributed by atoms with Gasteiger partial charge in [-0.15, -0.1) is 0 Å². The molecule has 1 aliphatic rings. The Morgan fingerprint density at radius 2 is 1.79 bits per heavy atom. The van der Waals surface area contributed by atoms with E-state index >= 15 is 0 Å². The molecule has 0 saturated carbocycles. The molecule has 1 atom stereocenters. The molecule has 1 aliphatic heterocycles. The van der Waals surface area contributed by atoms with Crippen molar-refractivity contribution in [2.24, 2.45) is 0 Å². The van der Waals surface area contributed by atoms with E-state index in [1.54, 1.807) is 51.4 Å². The van der Waals surface area contributed by atoms with Crippen molar-refractivity contribution < 1.29 is 24.0 Å². The van der Waals surface area contributed by atoms with Gasteiger partial charge in [-0.05, 0) is 25.1 Å².